The van der Waals surface area contributed by atoms with Gasteiger partial charge in [0.15, 0.2) is 0 Å². The van der Waals surface area contributed by atoms with Gasteiger partial charge < -0.3 is 9.64 Å². The van der Waals surface area contributed by atoms with E-state index in [1.54, 1.807) is 19.0 Å². The van der Waals surface area contributed by atoms with Gasteiger partial charge >= 0.3 is 6.18 Å². The van der Waals surface area contributed by atoms with Crippen molar-refractivity contribution in [2.45, 2.75) is 6.18 Å². The molecular formula is C11H13F3N2O. The van der Waals surface area contributed by atoms with E-state index < -0.39 is 11.7 Å². The fourth-order valence-electron chi connectivity index (χ4n) is 1.14. The summed E-state index contributed by atoms with van der Waals surface area (Å²) in [5.41, 5.74) is -0.597. The zero-order valence-electron chi connectivity index (χ0n) is 9.75. The lowest BCUT2D eigenvalue weighted by atomic mass is 10.2. The van der Waals surface area contributed by atoms with E-state index >= 15 is 0 Å². The van der Waals surface area contributed by atoms with Crippen molar-refractivity contribution >= 4 is 12.0 Å². The molecule has 0 atom stereocenters. The number of hydrogen-bond acceptors (Lipinski definition) is 2. The SMILES string of the molecule is COc1ccc(C(F)(F)F)cc1/N=C\N(C)C. The first kappa shape index (κ1) is 13.3. The molecule has 6 heteroatoms. The second-order valence-corrected chi connectivity index (χ2v) is 3.59. The Morgan fingerprint density at radius 2 is 1.94 bits per heavy atom. The van der Waals surface area contributed by atoms with Crippen LogP contribution in [0.15, 0.2) is 23.2 Å². The molecule has 0 heterocycles. The Hall–Kier alpha value is -1.72. The number of aliphatic imine (C=N–C) groups is 1. The molecule has 0 saturated carbocycles. The number of nitrogens with zero attached hydrogens (tertiary/aromatic N) is 2. The molecule has 0 aliphatic heterocycles. The van der Waals surface area contributed by atoms with E-state index in [9.17, 15) is 13.2 Å². The van der Waals surface area contributed by atoms with E-state index in [0.717, 1.165) is 12.1 Å². The van der Waals surface area contributed by atoms with Crippen LogP contribution in [0.4, 0.5) is 18.9 Å². The summed E-state index contributed by atoms with van der Waals surface area (Å²) < 4.78 is 42.4. The van der Waals surface area contributed by atoms with Gasteiger partial charge in [0, 0.05) is 14.1 Å². The fourth-order valence-corrected chi connectivity index (χ4v) is 1.14. The summed E-state index contributed by atoms with van der Waals surface area (Å²) in [5, 5.41) is 0. The molecule has 0 N–H and O–H groups in total. The molecule has 0 aliphatic rings. The number of hydrogen-bond donors (Lipinski definition) is 0. The van der Waals surface area contributed by atoms with Crippen LogP contribution < -0.4 is 4.74 Å². The second-order valence-electron chi connectivity index (χ2n) is 3.59. The van der Waals surface area contributed by atoms with Crippen molar-refractivity contribution in [2.24, 2.45) is 4.99 Å². The molecule has 94 valence electrons. The van der Waals surface area contributed by atoms with Crippen molar-refractivity contribution in [3.63, 3.8) is 0 Å². The molecule has 0 aromatic heterocycles. The molecule has 3 nitrogen and oxygen atoms in total. The Kier molecular flexibility index (Phi) is 3.98. The van der Waals surface area contributed by atoms with Gasteiger partial charge in [0.05, 0.1) is 19.0 Å². The van der Waals surface area contributed by atoms with E-state index in [1.807, 2.05) is 0 Å². The molecule has 0 saturated heterocycles. The van der Waals surface area contributed by atoms with Crippen molar-refractivity contribution in [1.29, 1.82) is 0 Å². The molecule has 0 unspecified atom stereocenters. The minimum atomic E-state index is -4.38. The van der Waals surface area contributed by atoms with Crippen LogP contribution in [-0.4, -0.2) is 32.4 Å². The van der Waals surface area contributed by atoms with Gasteiger partial charge in [-0.25, -0.2) is 4.99 Å². The predicted molar refractivity (Wildman–Crippen MR) is 59.8 cm³/mol. The first-order valence-corrected chi connectivity index (χ1v) is 4.80. The third-order valence-electron chi connectivity index (χ3n) is 1.93. The van der Waals surface area contributed by atoms with Gasteiger partial charge in [-0.05, 0) is 18.2 Å². The Bertz CT molecular complexity index is 414. The van der Waals surface area contributed by atoms with Crippen LogP contribution in [-0.2, 0) is 6.18 Å². The summed E-state index contributed by atoms with van der Waals surface area (Å²) in [5.74, 6) is 0.302. The van der Waals surface area contributed by atoms with Crippen molar-refractivity contribution in [3.05, 3.63) is 23.8 Å². The summed E-state index contributed by atoms with van der Waals surface area (Å²) in [4.78, 5) is 5.55. The summed E-state index contributed by atoms with van der Waals surface area (Å²) in [6, 6.07) is 3.18. The minimum Gasteiger partial charge on any atom is -0.494 e. The second kappa shape index (κ2) is 5.07. The van der Waals surface area contributed by atoms with Crippen molar-refractivity contribution in [1.82, 2.24) is 4.90 Å². The average Bonchev–Trinajstić information content (AvgIpc) is 2.24. The maximum absolute atomic E-state index is 12.5. The van der Waals surface area contributed by atoms with E-state index in [-0.39, 0.29) is 5.69 Å². The molecule has 1 aromatic rings. The van der Waals surface area contributed by atoms with E-state index in [4.69, 9.17) is 4.74 Å². The van der Waals surface area contributed by atoms with Gasteiger partial charge in [-0.15, -0.1) is 0 Å². The molecule has 0 bridgehead atoms. The molecule has 17 heavy (non-hydrogen) atoms. The lowest BCUT2D eigenvalue weighted by molar-refractivity contribution is -0.137. The molecule has 0 fully saturated rings. The largest absolute Gasteiger partial charge is 0.494 e. The highest BCUT2D eigenvalue weighted by Crippen LogP contribution is 2.36. The van der Waals surface area contributed by atoms with Crippen LogP contribution in [0, 0.1) is 0 Å². The topological polar surface area (TPSA) is 24.8 Å². The van der Waals surface area contributed by atoms with Gasteiger partial charge in [0.2, 0.25) is 0 Å². The smallest absolute Gasteiger partial charge is 0.416 e. The fraction of sp³-hybridized carbons (Fsp3) is 0.364. The number of rotatable bonds is 3. The Labute approximate surface area is 97.5 Å². The maximum Gasteiger partial charge on any atom is 0.416 e. The van der Waals surface area contributed by atoms with Crippen LogP contribution in [0.25, 0.3) is 0 Å². The first-order valence-electron chi connectivity index (χ1n) is 4.80. The maximum atomic E-state index is 12.5. The van der Waals surface area contributed by atoms with Gasteiger partial charge in [0.25, 0.3) is 0 Å². The highest BCUT2D eigenvalue weighted by atomic mass is 19.4. The molecule has 0 radical (unpaired) electrons. The standard InChI is InChI=1S/C11H13F3N2O/c1-16(2)7-15-9-6-8(11(12,13)14)4-5-10(9)17-3/h4-7H,1-3H3/b15-7-. The van der Waals surface area contributed by atoms with Crippen molar-refractivity contribution in [3.8, 4) is 5.75 Å². The van der Waals surface area contributed by atoms with Gasteiger partial charge in [-0.3, -0.25) is 0 Å². The van der Waals surface area contributed by atoms with Crippen LogP contribution in [0.5, 0.6) is 5.75 Å². The molecule has 0 amide bonds. The van der Waals surface area contributed by atoms with Gasteiger partial charge in [-0.1, -0.05) is 0 Å². The summed E-state index contributed by atoms with van der Waals surface area (Å²) >= 11 is 0. The number of halogens is 3. The third-order valence-corrected chi connectivity index (χ3v) is 1.93. The highest BCUT2D eigenvalue weighted by Gasteiger charge is 2.31. The molecule has 1 aromatic carbocycles. The number of ether oxygens (including phenoxy) is 1. The lowest BCUT2D eigenvalue weighted by Gasteiger charge is -2.10. The Balaban J connectivity index is 3.16. The number of alkyl halides is 3. The Morgan fingerprint density at radius 3 is 2.41 bits per heavy atom. The molecule has 0 spiro atoms. The predicted octanol–water partition coefficient (Wildman–Crippen LogP) is 2.94. The average molecular weight is 246 g/mol. The minimum absolute atomic E-state index is 0.149. The van der Waals surface area contributed by atoms with E-state index in [2.05, 4.69) is 4.99 Å². The Morgan fingerprint density at radius 1 is 1.29 bits per heavy atom. The monoisotopic (exact) mass is 246 g/mol. The normalized spacial score (nSPS) is 11.9. The van der Waals surface area contributed by atoms with Crippen LogP contribution >= 0.6 is 0 Å². The van der Waals surface area contributed by atoms with Gasteiger partial charge in [0.1, 0.15) is 11.4 Å². The lowest BCUT2D eigenvalue weighted by Crippen LogP contribution is -2.07. The van der Waals surface area contributed by atoms with Crippen LogP contribution in [0.2, 0.25) is 0 Å². The van der Waals surface area contributed by atoms with Crippen molar-refractivity contribution in [2.75, 3.05) is 21.2 Å². The number of methoxy groups -OCH3 is 1. The summed E-state index contributed by atoms with van der Waals surface area (Å²) in [7, 11) is 4.84. The molecular weight excluding hydrogens is 233 g/mol. The zero-order chi connectivity index (χ0) is 13.1. The van der Waals surface area contributed by atoms with Crippen LogP contribution in [0.1, 0.15) is 5.56 Å². The molecule has 0 aliphatic carbocycles. The number of benzene rings is 1. The van der Waals surface area contributed by atoms with E-state index in [1.165, 1.54) is 19.5 Å². The van der Waals surface area contributed by atoms with Crippen molar-refractivity contribution < 1.29 is 17.9 Å². The van der Waals surface area contributed by atoms with Crippen LogP contribution in [0.3, 0.4) is 0 Å². The molecule has 1 rings (SSSR count). The quantitative estimate of drug-likeness (QED) is 0.605. The van der Waals surface area contributed by atoms with E-state index in [0.29, 0.717) is 5.75 Å². The zero-order valence-corrected chi connectivity index (χ0v) is 9.75. The summed E-state index contributed by atoms with van der Waals surface area (Å²) in [6.45, 7) is 0. The van der Waals surface area contributed by atoms with Gasteiger partial charge in [-0.2, -0.15) is 13.2 Å². The summed E-state index contributed by atoms with van der Waals surface area (Å²) in [6.07, 6.45) is -2.97. The highest BCUT2D eigenvalue weighted by molar-refractivity contribution is 5.65. The first-order chi connectivity index (χ1) is 7.84. The third kappa shape index (κ3) is 3.65.